The van der Waals surface area contributed by atoms with Crippen LogP contribution in [0, 0.1) is 5.92 Å². The minimum atomic E-state index is -0.000686. The molecule has 0 unspecified atom stereocenters. The van der Waals surface area contributed by atoms with E-state index in [9.17, 15) is 4.79 Å². The Kier molecular flexibility index (Phi) is 5.15. The topological polar surface area (TPSA) is 76.1 Å². The van der Waals surface area contributed by atoms with Gasteiger partial charge in [-0.2, -0.15) is 0 Å². The summed E-state index contributed by atoms with van der Waals surface area (Å²) < 4.78 is 5.36. The first kappa shape index (κ1) is 14.6. The van der Waals surface area contributed by atoms with E-state index in [4.69, 9.17) is 4.74 Å². The monoisotopic (exact) mass is 278 g/mol. The van der Waals surface area contributed by atoms with Crippen molar-refractivity contribution in [2.24, 2.45) is 5.92 Å². The maximum Gasteiger partial charge on any atom is 0.224 e. The van der Waals surface area contributed by atoms with Gasteiger partial charge in [0.1, 0.15) is 12.1 Å². The Labute approximate surface area is 119 Å². The Balaban J connectivity index is 2.06. The fourth-order valence-electron chi connectivity index (χ4n) is 2.64. The Hall–Kier alpha value is -1.85. The van der Waals surface area contributed by atoms with Gasteiger partial charge in [0, 0.05) is 19.2 Å². The number of anilines is 1. The van der Waals surface area contributed by atoms with Crippen molar-refractivity contribution in [2.75, 3.05) is 19.0 Å². The highest BCUT2D eigenvalue weighted by atomic mass is 16.5. The number of hydrogen-bond acceptors (Lipinski definition) is 5. The number of nitrogens with one attached hydrogen (secondary N) is 2. The van der Waals surface area contributed by atoms with Gasteiger partial charge in [-0.15, -0.1) is 0 Å². The van der Waals surface area contributed by atoms with Crippen LogP contribution in [0.15, 0.2) is 12.4 Å². The van der Waals surface area contributed by atoms with Gasteiger partial charge in [-0.1, -0.05) is 12.8 Å². The minimum absolute atomic E-state index is 0.000686. The van der Waals surface area contributed by atoms with E-state index in [1.165, 1.54) is 6.33 Å². The minimum Gasteiger partial charge on any atom is -0.478 e. The molecule has 6 heteroatoms. The second-order valence-corrected chi connectivity index (χ2v) is 4.93. The highest BCUT2D eigenvalue weighted by Crippen LogP contribution is 2.27. The molecule has 0 spiro atoms. The van der Waals surface area contributed by atoms with Crippen molar-refractivity contribution < 1.29 is 9.53 Å². The zero-order chi connectivity index (χ0) is 14.4. The number of aromatic nitrogens is 2. The van der Waals surface area contributed by atoms with Crippen molar-refractivity contribution in [3.05, 3.63) is 12.4 Å². The highest BCUT2D eigenvalue weighted by molar-refractivity contribution is 5.79. The number of carbonyl (C=O) groups excluding carboxylic acids is 1. The van der Waals surface area contributed by atoms with Crippen LogP contribution in [0.5, 0.6) is 5.88 Å². The van der Waals surface area contributed by atoms with Gasteiger partial charge in [0.15, 0.2) is 0 Å². The molecule has 1 saturated carbocycles. The fraction of sp³-hybridized carbons (Fsp3) is 0.643. The highest BCUT2D eigenvalue weighted by Gasteiger charge is 2.30. The van der Waals surface area contributed by atoms with Gasteiger partial charge in [0.05, 0.1) is 12.5 Å². The van der Waals surface area contributed by atoms with Crippen LogP contribution in [0.2, 0.25) is 0 Å². The van der Waals surface area contributed by atoms with Crippen LogP contribution < -0.4 is 15.4 Å². The third kappa shape index (κ3) is 3.59. The van der Waals surface area contributed by atoms with Crippen molar-refractivity contribution in [3.8, 4) is 5.88 Å². The molecular formula is C14H22N4O2. The van der Waals surface area contributed by atoms with Gasteiger partial charge in [-0.05, 0) is 19.8 Å². The van der Waals surface area contributed by atoms with E-state index in [-0.39, 0.29) is 17.9 Å². The second-order valence-electron chi connectivity index (χ2n) is 4.93. The molecule has 0 saturated heterocycles. The molecular weight excluding hydrogens is 256 g/mol. The molecule has 0 aliphatic heterocycles. The van der Waals surface area contributed by atoms with E-state index in [1.807, 2.05) is 6.92 Å². The third-order valence-corrected chi connectivity index (χ3v) is 3.62. The van der Waals surface area contributed by atoms with Crippen molar-refractivity contribution in [2.45, 2.75) is 38.6 Å². The number of hydrogen-bond donors (Lipinski definition) is 2. The molecule has 6 nitrogen and oxygen atoms in total. The van der Waals surface area contributed by atoms with Gasteiger partial charge < -0.3 is 15.4 Å². The normalized spacial score (nSPS) is 22.1. The molecule has 0 bridgehead atoms. The van der Waals surface area contributed by atoms with Gasteiger partial charge in [0.2, 0.25) is 11.8 Å². The summed E-state index contributed by atoms with van der Waals surface area (Å²) in [6.07, 6.45) is 5.61. The van der Waals surface area contributed by atoms with E-state index in [0.717, 1.165) is 25.7 Å². The average Bonchev–Trinajstić information content (AvgIpc) is 2.48. The molecule has 0 radical (unpaired) electrons. The molecule has 1 aromatic rings. The van der Waals surface area contributed by atoms with Crippen LogP contribution in [0.4, 0.5) is 5.82 Å². The van der Waals surface area contributed by atoms with E-state index < -0.39 is 0 Å². The lowest BCUT2D eigenvalue weighted by atomic mass is 9.84. The summed E-state index contributed by atoms with van der Waals surface area (Å²) in [7, 11) is 1.69. The summed E-state index contributed by atoms with van der Waals surface area (Å²) in [5.41, 5.74) is 0. The maximum absolute atomic E-state index is 11.9. The first-order valence-electron chi connectivity index (χ1n) is 7.17. The molecule has 1 aromatic heterocycles. The van der Waals surface area contributed by atoms with Crippen LogP contribution in [0.3, 0.4) is 0 Å². The lowest BCUT2D eigenvalue weighted by Gasteiger charge is -2.31. The molecule has 1 aliphatic rings. The Morgan fingerprint density at radius 2 is 2.20 bits per heavy atom. The van der Waals surface area contributed by atoms with Gasteiger partial charge in [-0.25, -0.2) is 9.97 Å². The molecule has 1 heterocycles. The van der Waals surface area contributed by atoms with Gasteiger partial charge >= 0.3 is 0 Å². The van der Waals surface area contributed by atoms with Crippen molar-refractivity contribution in [3.63, 3.8) is 0 Å². The molecule has 20 heavy (non-hydrogen) atoms. The summed E-state index contributed by atoms with van der Waals surface area (Å²) in [6.45, 7) is 2.48. The molecule has 2 atom stereocenters. The maximum atomic E-state index is 11.9. The molecule has 110 valence electrons. The van der Waals surface area contributed by atoms with Crippen LogP contribution in [-0.4, -0.2) is 35.6 Å². The fourth-order valence-corrected chi connectivity index (χ4v) is 2.64. The van der Waals surface area contributed by atoms with E-state index in [2.05, 4.69) is 20.6 Å². The van der Waals surface area contributed by atoms with E-state index >= 15 is 0 Å². The Morgan fingerprint density at radius 1 is 1.40 bits per heavy atom. The van der Waals surface area contributed by atoms with Crippen LogP contribution >= 0.6 is 0 Å². The molecule has 2 rings (SSSR count). The van der Waals surface area contributed by atoms with Crippen LogP contribution in [0.1, 0.15) is 32.6 Å². The predicted octanol–water partition coefficient (Wildman–Crippen LogP) is 1.59. The quantitative estimate of drug-likeness (QED) is 0.855. The lowest BCUT2D eigenvalue weighted by molar-refractivity contribution is -0.125. The summed E-state index contributed by atoms with van der Waals surface area (Å²) in [6, 6.07) is 1.90. The van der Waals surface area contributed by atoms with Crippen molar-refractivity contribution in [1.82, 2.24) is 15.3 Å². The molecule has 2 N–H and O–H groups in total. The summed E-state index contributed by atoms with van der Waals surface area (Å²) in [5.74, 6) is 1.36. The van der Waals surface area contributed by atoms with E-state index in [0.29, 0.717) is 18.3 Å². The first-order valence-corrected chi connectivity index (χ1v) is 7.17. The Morgan fingerprint density at radius 3 is 2.95 bits per heavy atom. The number of nitrogens with zero attached hydrogens (tertiary/aromatic N) is 2. The molecule has 1 aliphatic carbocycles. The van der Waals surface area contributed by atoms with Gasteiger partial charge in [-0.3, -0.25) is 4.79 Å². The van der Waals surface area contributed by atoms with E-state index in [1.54, 1.807) is 13.1 Å². The van der Waals surface area contributed by atoms with Crippen LogP contribution in [-0.2, 0) is 4.79 Å². The summed E-state index contributed by atoms with van der Waals surface area (Å²) >= 11 is 0. The van der Waals surface area contributed by atoms with Gasteiger partial charge in [0.25, 0.3) is 0 Å². The summed E-state index contributed by atoms with van der Waals surface area (Å²) in [5, 5.41) is 6.10. The average molecular weight is 278 g/mol. The molecule has 1 fully saturated rings. The number of amides is 1. The smallest absolute Gasteiger partial charge is 0.224 e. The van der Waals surface area contributed by atoms with Crippen molar-refractivity contribution in [1.29, 1.82) is 0 Å². The first-order chi connectivity index (χ1) is 9.74. The summed E-state index contributed by atoms with van der Waals surface area (Å²) in [4.78, 5) is 20.2. The standard InChI is InChI=1S/C14H22N4O2/c1-3-20-13-8-12(16-9-17-13)18-11-7-5-4-6-10(11)14(19)15-2/h8-11H,3-7H2,1-2H3,(H,15,19)(H,16,17,18)/t10-,11+/m1/s1. The molecule has 0 aromatic carbocycles. The molecule has 1 amide bonds. The zero-order valence-corrected chi connectivity index (χ0v) is 12.1. The number of carbonyl (C=O) groups is 1. The van der Waals surface area contributed by atoms with Crippen molar-refractivity contribution >= 4 is 11.7 Å². The third-order valence-electron chi connectivity index (χ3n) is 3.62. The van der Waals surface area contributed by atoms with Crippen LogP contribution in [0.25, 0.3) is 0 Å². The number of rotatable bonds is 5. The zero-order valence-electron chi connectivity index (χ0n) is 12.1. The largest absolute Gasteiger partial charge is 0.478 e. The SMILES string of the molecule is CCOc1cc(N[C@H]2CCCC[C@H]2C(=O)NC)ncn1. The predicted molar refractivity (Wildman–Crippen MR) is 76.6 cm³/mol. The number of ether oxygens (including phenoxy) is 1. The lowest BCUT2D eigenvalue weighted by Crippen LogP contribution is -2.42. The Bertz CT molecular complexity index is 453. The second kappa shape index (κ2) is 7.07.